The zero-order valence-corrected chi connectivity index (χ0v) is 46.4. The summed E-state index contributed by atoms with van der Waals surface area (Å²) in [4.78, 5) is 35.2. The summed E-state index contributed by atoms with van der Waals surface area (Å²) in [6.07, 6.45) is 69.9. The van der Waals surface area contributed by atoms with Crippen LogP contribution in [0, 0.1) is 0 Å². The van der Waals surface area contributed by atoms with Crippen LogP contribution in [0.3, 0.4) is 0 Å². The number of hydrogen-bond acceptors (Lipinski definition) is 8. The number of hydrogen-bond donors (Lipinski definition) is 2. The van der Waals surface area contributed by atoms with Gasteiger partial charge < -0.3 is 20.1 Å². The van der Waals surface area contributed by atoms with Crippen molar-refractivity contribution in [2.45, 2.75) is 283 Å². The van der Waals surface area contributed by atoms with Crippen LogP contribution in [0.1, 0.15) is 277 Å². The van der Waals surface area contributed by atoms with E-state index in [0.717, 1.165) is 77.0 Å². The van der Waals surface area contributed by atoms with Gasteiger partial charge in [-0.3, -0.25) is 18.6 Å². The van der Waals surface area contributed by atoms with E-state index < -0.39 is 26.5 Å². The van der Waals surface area contributed by atoms with Crippen molar-refractivity contribution in [2.24, 2.45) is 5.73 Å². The highest BCUT2D eigenvalue weighted by Gasteiger charge is 2.26. The largest absolute Gasteiger partial charge is 0.472 e. The highest BCUT2D eigenvalue weighted by molar-refractivity contribution is 7.47. The fourth-order valence-corrected chi connectivity index (χ4v) is 9.09. The van der Waals surface area contributed by atoms with Crippen molar-refractivity contribution in [3.63, 3.8) is 0 Å². The van der Waals surface area contributed by atoms with Crippen molar-refractivity contribution in [3.05, 3.63) is 60.8 Å². The van der Waals surface area contributed by atoms with Gasteiger partial charge in [-0.2, -0.15) is 0 Å². The van der Waals surface area contributed by atoms with Crippen molar-refractivity contribution < 1.29 is 37.6 Å². The summed E-state index contributed by atoms with van der Waals surface area (Å²) in [5.74, 6) is -0.822. The molecular formula is C60H110NO8P. The van der Waals surface area contributed by atoms with E-state index in [4.69, 9.17) is 24.3 Å². The molecular weight excluding hydrogens is 894 g/mol. The summed E-state index contributed by atoms with van der Waals surface area (Å²) in [5, 5.41) is 0. The molecule has 2 unspecified atom stereocenters. The molecule has 3 N–H and O–H groups in total. The number of phosphoric ester groups is 1. The number of rotatable bonds is 55. The average Bonchev–Trinajstić information content (AvgIpc) is 3.35. The summed E-state index contributed by atoms with van der Waals surface area (Å²) < 4.78 is 33.0. The van der Waals surface area contributed by atoms with Gasteiger partial charge in [-0.25, -0.2) is 4.57 Å². The number of ether oxygens (including phenoxy) is 2. The maximum absolute atomic E-state index is 12.7. The molecule has 0 bridgehead atoms. The molecule has 0 spiro atoms. The van der Waals surface area contributed by atoms with Gasteiger partial charge in [0.05, 0.1) is 13.2 Å². The van der Waals surface area contributed by atoms with Crippen LogP contribution in [0.25, 0.3) is 0 Å². The molecule has 0 aromatic heterocycles. The Bertz CT molecular complexity index is 1330. The minimum Gasteiger partial charge on any atom is -0.462 e. The first kappa shape index (κ1) is 67.7. The first-order valence-electron chi connectivity index (χ1n) is 29.3. The van der Waals surface area contributed by atoms with Crippen LogP contribution in [0.5, 0.6) is 0 Å². The van der Waals surface area contributed by atoms with Gasteiger partial charge >= 0.3 is 19.8 Å². The fourth-order valence-electron chi connectivity index (χ4n) is 8.33. The van der Waals surface area contributed by atoms with Gasteiger partial charge in [0.15, 0.2) is 6.10 Å². The summed E-state index contributed by atoms with van der Waals surface area (Å²) in [6.45, 7) is 3.66. The summed E-state index contributed by atoms with van der Waals surface area (Å²) in [6, 6.07) is 0. The Morgan fingerprint density at radius 3 is 1.19 bits per heavy atom. The molecule has 0 aromatic carbocycles. The average molecular weight is 1000 g/mol. The third-order valence-corrected chi connectivity index (χ3v) is 13.6. The van der Waals surface area contributed by atoms with Gasteiger partial charge in [-0.05, 0) is 77.0 Å². The predicted octanol–water partition coefficient (Wildman–Crippen LogP) is 18.3. The fraction of sp³-hybridized carbons (Fsp3) is 0.800. The van der Waals surface area contributed by atoms with Gasteiger partial charge in [0.25, 0.3) is 0 Å². The van der Waals surface area contributed by atoms with Gasteiger partial charge in [0.2, 0.25) is 0 Å². The highest BCUT2D eigenvalue weighted by atomic mass is 31.2. The highest BCUT2D eigenvalue weighted by Crippen LogP contribution is 2.43. The number of allylic oxidation sites excluding steroid dienone is 10. The van der Waals surface area contributed by atoms with E-state index in [1.165, 1.54) is 167 Å². The molecule has 2 atom stereocenters. The minimum atomic E-state index is -4.39. The second kappa shape index (κ2) is 56.0. The molecule has 70 heavy (non-hydrogen) atoms. The van der Waals surface area contributed by atoms with E-state index in [0.29, 0.717) is 6.42 Å². The van der Waals surface area contributed by atoms with Crippen molar-refractivity contribution in [2.75, 3.05) is 26.4 Å². The number of carbonyl (C=O) groups is 2. The van der Waals surface area contributed by atoms with E-state index in [1.807, 2.05) is 0 Å². The predicted molar refractivity (Wildman–Crippen MR) is 298 cm³/mol. The van der Waals surface area contributed by atoms with Crippen LogP contribution in [0.15, 0.2) is 60.8 Å². The lowest BCUT2D eigenvalue weighted by Gasteiger charge is -2.19. The van der Waals surface area contributed by atoms with E-state index >= 15 is 0 Å². The molecule has 408 valence electrons. The Morgan fingerprint density at radius 1 is 0.443 bits per heavy atom. The monoisotopic (exact) mass is 1000 g/mol. The van der Waals surface area contributed by atoms with Crippen LogP contribution in [0.2, 0.25) is 0 Å². The van der Waals surface area contributed by atoms with E-state index in [2.05, 4.69) is 74.6 Å². The van der Waals surface area contributed by atoms with Gasteiger partial charge in [-0.15, -0.1) is 0 Å². The maximum atomic E-state index is 12.7. The first-order chi connectivity index (χ1) is 34.3. The molecule has 0 rings (SSSR count). The second-order valence-corrected chi connectivity index (χ2v) is 20.9. The Morgan fingerprint density at radius 2 is 0.786 bits per heavy atom. The number of phosphoric acid groups is 1. The zero-order chi connectivity index (χ0) is 51.0. The molecule has 10 heteroatoms. The van der Waals surface area contributed by atoms with Crippen LogP contribution >= 0.6 is 7.82 Å². The smallest absolute Gasteiger partial charge is 0.462 e. The zero-order valence-electron chi connectivity index (χ0n) is 45.5. The molecule has 0 aliphatic heterocycles. The first-order valence-corrected chi connectivity index (χ1v) is 30.8. The SMILES string of the molecule is CC/C=C\C/C=C\C/C=C\C/C=C\CCCCCCCCCCCCCCCCCCCCC(=O)OC(COC(=O)CCCCCCCCC/C=C\CCCCCCCCC)COP(=O)(O)OCCN. The molecule has 0 radical (unpaired) electrons. The molecule has 0 fully saturated rings. The van der Waals surface area contributed by atoms with Crippen molar-refractivity contribution >= 4 is 19.8 Å². The Labute approximate surface area is 431 Å². The number of esters is 2. The summed E-state index contributed by atoms with van der Waals surface area (Å²) >= 11 is 0. The summed E-state index contributed by atoms with van der Waals surface area (Å²) in [5.41, 5.74) is 5.38. The quantitative estimate of drug-likeness (QED) is 0.0264. The van der Waals surface area contributed by atoms with Crippen LogP contribution in [0.4, 0.5) is 0 Å². The lowest BCUT2D eigenvalue weighted by atomic mass is 10.0. The van der Waals surface area contributed by atoms with Crippen molar-refractivity contribution in [1.29, 1.82) is 0 Å². The maximum Gasteiger partial charge on any atom is 0.472 e. The third-order valence-electron chi connectivity index (χ3n) is 12.6. The second-order valence-electron chi connectivity index (χ2n) is 19.5. The van der Waals surface area contributed by atoms with Gasteiger partial charge in [0.1, 0.15) is 6.61 Å². The standard InChI is InChI=1S/C60H110NO8P/c1-3-5-7-9-11-13-15-17-19-21-23-24-25-26-27-28-29-30-31-32-33-34-35-37-39-41-43-45-47-49-51-53-60(63)69-58(57-68-70(64,65)67-55-54-61)56-66-59(62)52-50-48-46-44-42-40-38-36-22-20-18-16-14-12-10-8-6-4-2/h5,7,11,13,17,19-20,22-24,58H,3-4,6,8-10,12,14-16,18,21,25-57,61H2,1-2H3,(H,64,65)/b7-5-,13-11-,19-17-,22-20-,24-23-. The van der Waals surface area contributed by atoms with Crippen molar-refractivity contribution in [3.8, 4) is 0 Å². The number of nitrogens with two attached hydrogens (primary N) is 1. The molecule has 0 saturated carbocycles. The lowest BCUT2D eigenvalue weighted by Crippen LogP contribution is -2.29. The van der Waals surface area contributed by atoms with Crippen LogP contribution < -0.4 is 5.73 Å². The third kappa shape index (κ3) is 55.0. The topological polar surface area (TPSA) is 134 Å². The normalized spacial score (nSPS) is 13.5. The van der Waals surface area contributed by atoms with E-state index in [1.54, 1.807) is 0 Å². The van der Waals surface area contributed by atoms with Crippen LogP contribution in [-0.2, 0) is 32.7 Å². The van der Waals surface area contributed by atoms with E-state index in [-0.39, 0.29) is 38.6 Å². The molecule has 0 aliphatic rings. The van der Waals surface area contributed by atoms with Gasteiger partial charge in [-0.1, -0.05) is 248 Å². The number of carbonyl (C=O) groups excluding carboxylic acids is 2. The molecule has 9 nitrogen and oxygen atoms in total. The molecule has 0 amide bonds. The Balaban J connectivity index is 3.91. The molecule has 0 aliphatic carbocycles. The Hall–Kier alpha value is -2.29. The number of unbranched alkanes of at least 4 members (excludes halogenated alkanes) is 32. The van der Waals surface area contributed by atoms with E-state index in [9.17, 15) is 19.0 Å². The molecule has 0 saturated heterocycles. The van der Waals surface area contributed by atoms with Crippen molar-refractivity contribution in [1.82, 2.24) is 0 Å². The van der Waals surface area contributed by atoms with Crippen LogP contribution in [-0.4, -0.2) is 49.3 Å². The molecule has 0 aromatic rings. The lowest BCUT2D eigenvalue weighted by molar-refractivity contribution is -0.161. The molecule has 0 heterocycles. The summed E-state index contributed by atoms with van der Waals surface area (Å²) in [7, 11) is -4.39. The minimum absolute atomic E-state index is 0.0529. The Kier molecular flexibility index (Phi) is 54.2. The van der Waals surface area contributed by atoms with Gasteiger partial charge in [0, 0.05) is 19.4 Å².